The molecule has 1 N–H and O–H groups in total. The Labute approximate surface area is 135 Å². The number of anilines is 1. The summed E-state index contributed by atoms with van der Waals surface area (Å²) >= 11 is 0. The monoisotopic (exact) mass is 301 g/mol. The van der Waals surface area contributed by atoms with Gasteiger partial charge in [0, 0.05) is 37.9 Å². The molecule has 2 heterocycles. The maximum Gasteiger partial charge on any atom is 0.0399 e. The number of para-hydroxylation sites is 1. The number of piperazine rings is 1. The topological polar surface area (TPSA) is 18.5 Å². The van der Waals surface area contributed by atoms with E-state index in [0.717, 1.165) is 19.0 Å². The van der Waals surface area contributed by atoms with Gasteiger partial charge in [-0.3, -0.25) is 4.90 Å². The van der Waals surface area contributed by atoms with Crippen molar-refractivity contribution in [3.8, 4) is 0 Å². The number of piperidine rings is 1. The van der Waals surface area contributed by atoms with Crippen LogP contribution in [0.3, 0.4) is 0 Å². The maximum atomic E-state index is 3.55. The highest BCUT2D eigenvalue weighted by Crippen LogP contribution is 2.26. The number of hydrogen-bond acceptors (Lipinski definition) is 3. The summed E-state index contributed by atoms with van der Waals surface area (Å²) in [5, 5.41) is 3.55. The van der Waals surface area contributed by atoms with E-state index in [1.54, 1.807) is 5.56 Å². The quantitative estimate of drug-likeness (QED) is 0.922. The van der Waals surface area contributed by atoms with Crippen molar-refractivity contribution in [2.24, 2.45) is 5.92 Å². The second kappa shape index (κ2) is 7.47. The van der Waals surface area contributed by atoms with Crippen LogP contribution in [0.4, 0.5) is 5.69 Å². The van der Waals surface area contributed by atoms with E-state index in [1.165, 1.54) is 51.1 Å². The third-order valence-electron chi connectivity index (χ3n) is 5.28. The van der Waals surface area contributed by atoms with Crippen molar-refractivity contribution in [1.82, 2.24) is 10.2 Å². The molecular formula is C19H31N3. The molecule has 0 radical (unpaired) electrons. The molecule has 0 aliphatic carbocycles. The van der Waals surface area contributed by atoms with Gasteiger partial charge >= 0.3 is 0 Å². The van der Waals surface area contributed by atoms with Gasteiger partial charge in [-0.25, -0.2) is 0 Å². The smallest absolute Gasteiger partial charge is 0.0399 e. The number of rotatable bonds is 4. The van der Waals surface area contributed by atoms with Crippen LogP contribution >= 0.6 is 0 Å². The maximum absolute atomic E-state index is 3.55. The number of nitrogens with zero attached hydrogens (tertiary/aromatic N) is 2. The van der Waals surface area contributed by atoms with E-state index in [4.69, 9.17) is 0 Å². The zero-order chi connectivity index (χ0) is 15.4. The Kier molecular flexibility index (Phi) is 5.37. The summed E-state index contributed by atoms with van der Waals surface area (Å²) in [7, 11) is 0. The number of hydrogen-bond donors (Lipinski definition) is 1. The van der Waals surface area contributed by atoms with Gasteiger partial charge in [0.05, 0.1) is 0 Å². The molecule has 3 rings (SSSR count). The molecule has 1 unspecified atom stereocenters. The van der Waals surface area contributed by atoms with Crippen LogP contribution in [0, 0.1) is 5.92 Å². The lowest BCUT2D eigenvalue weighted by Gasteiger charge is -2.39. The highest BCUT2D eigenvalue weighted by atomic mass is 15.3. The molecule has 0 bridgehead atoms. The summed E-state index contributed by atoms with van der Waals surface area (Å²) < 4.78 is 0. The molecule has 2 aliphatic heterocycles. The fraction of sp³-hybridized carbons (Fsp3) is 0.684. The predicted octanol–water partition coefficient (Wildman–Crippen LogP) is 2.76. The Morgan fingerprint density at radius 2 is 1.91 bits per heavy atom. The van der Waals surface area contributed by atoms with E-state index in [1.807, 2.05) is 0 Å². The summed E-state index contributed by atoms with van der Waals surface area (Å²) in [5.41, 5.74) is 3.03. The second-order valence-corrected chi connectivity index (χ2v) is 7.16. The highest BCUT2D eigenvalue weighted by molar-refractivity contribution is 5.54. The minimum atomic E-state index is 0.672. The Morgan fingerprint density at radius 1 is 1.14 bits per heavy atom. The summed E-state index contributed by atoms with van der Waals surface area (Å²) in [4.78, 5) is 5.19. The largest absolute Gasteiger partial charge is 0.369 e. The van der Waals surface area contributed by atoms with Crippen LogP contribution in [0.5, 0.6) is 0 Å². The van der Waals surface area contributed by atoms with E-state index in [2.05, 4.69) is 53.2 Å². The Morgan fingerprint density at radius 3 is 2.59 bits per heavy atom. The number of benzene rings is 1. The van der Waals surface area contributed by atoms with Gasteiger partial charge in [-0.15, -0.1) is 0 Å². The zero-order valence-corrected chi connectivity index (χ0v) is 14.2. The van der Waals surface area contributed by atoms with Crippen molar-refractivity contribution >= 4 is 5.69 Å². The van der Waals surface area contributed by atoms with Crippen molar-refractivity contribution in [1.29, 1.82) is 0 Å². The predicted molar refractivity (Wildman–Crippen MR) is 94.7 cm³/mol. The van der Waals surface area contributed by atoms with E-state index in [-0.39, 0.29) is 0 Å². The van der Waals surface area contributed by atoms with E-state index < -0.39 is 0 Å². The first-order chi connectivity index (χ1) is 10.7. The minimum Gasteiger partial charge on any atom is -0.369 e. The van der Waals surface area contributed by atoms with E-state index in [0.29, 0.717) is 6.04 Å². The molecule has 2 saturated heterocycles. The van der Waals surface area contributed by atoms with Gasteiger partial charge in [-0.1, -0.05) is 18.2 Å². The molecule has 0 aromatic heterocycles. The van der Waals surface area contributed by atoms with Gasteiger partial charge in [-0.2, -0.15) is 0 Å². The van der Waals surface area contributed by atoms with Crippen molar-refractivity contribution in [3.63, 3.8) is 0 Å². The van der Waals surface area contributed by atoms with Crippen molar-refractivity contribution in [3.05, 3.63) is 29.8 Å². The zero-order valence-electron chi connectivity index (χ0n) is 14.2. The lowest BCUT2D eigenvalue weighted by Crippen LogP contribution is -2.49. The molecule has 1 aromatic carbocycles. The normalized spacial score (nSPS) is 24.0. The third-order valence-corrected chi connectivity index (χ3v) is 5.28. The molecule has 3 nitrogen and oxygen atoms in total. The lowest BCUT2D eigenvalue weighted by atomic mass is 9.91. The van der Waals surface area contributed by atoms with E-state index in [9.17, 15) is 0 Å². The molecule has 22 heavy (non-hydrogen) atoms. The SMILES string of the molecule is CC(C)N1CCN(c2ccccc2CC2CCCNC2)CC1. The summed E-state index contributed by atoms with van der Waals surface area (Å²) in [6.07, 6.45) is 3.94. The van der Waals surface area contributed by atoms with Crippen LogP contribution in [-0.2, 0) is 6.42 Å². The fourth-order valence-electron chi connectivity index (χ4n) is 3.88. The Balaban J connectivity index is 1.66. The minimum absolute atomic E-state index is 0.672. The highest BCUT2D eigenvalue weighted by Gasteiger charge is 2.22. The molecule has 2 fully saturated rings. The standard InChI is InChI=1S/C19H31N3/c1-16(2)21-10-12-22(13-11-21)19-8-4-3-7-18(19)14-17-6-5-9-20-15-17/h3-4,7-8,16-17,20H,5-6,9-15H2,1-2H3. The van der Waals surface area contributed by atoms with Gasteiger partial charge in [0.25, 0.3) is 0 Å². The molecular weight excluding hydrogens is 270 g/mol. The van der Waals surface area contributed by atoms with Gasteiger partial charge < -0.3 is 10.2 Å². The van der Waals surface area contributed by atoms with Gasteiger partial charge in [0.1, 0.15) is 0 Å². The molecule has 122 valence electrons. The summed E-state index contributed by atoms with van der Waals surface area (Å²) in [5.74, 6) is 0.812. The van der Waals surface area contributed by atoms with Gasteiger partial charge in [-0.05, 0) is 63.7 Å². The molecule has 1 atom stereocenters. The molecule has 2 aliphatic rings. The Hall–Kier alpha value is -1.06. The van der Waals surface area contributed by atoms with Crippen LogP contribution in [0.2, 0.25) is 0 Å². The molecule has 0 spiro atoms. The average Bonchev–Trinajstić information content (AvgIpc) is 2.56. The fourth-order valence-corrected chi connectivity index (χ4v) is 3.88. The lowest BCUT2D eigenvalue weighted by molar-refractivity contribution is 0.209. The second-order valence-electron chi connectivity index (χ2n) is 7.16. The molecule has 3 heteroatoms. The number of nitrogens with one attached hydrogen (secondary N) is 1. The average molecular weight is 301 g/mol. The van der Waals surface area contributed by atoms with Crippen LogP contribution in [0.15, 0.2) is 24.3 Å². The van der Waals surface area contributed by atoms with E-state index >= 15 is 0 Å². The summed E-state index contributed by atoms with van der Waals surface area (Å²) in [6, 6.07) is 9.76. The molecule has 0 amide bonds. The third kappa shape index (κ3) is 3.82. The van der Waals surface area contributed by atoms with Gasteiger partial charge in [0.15, 0.2) is 0 Å². The van der Waals surface area contributed by atoms with Crippen LogP contribution in [0.25, 0.3) is 0 Å². The Bertz CT molecular complexity index is 458. The molecule has 0 saturated carbocycles. The van der Waals surface area contributed by atoms with Crippen molar-refractivity contribution in [2.75, 3.05) is 44.2 Å². The van der Waals surface area contributed by atoms with Crippen molar-refractivity contribution in [2.45, 2.75) is 39.2 Å². The van der Waals surface area contributed by atoms with Crippen LogP contribution in [-0.4, -0.2) is 50.2 Å². The summed E-state index contributed by atoms with van der Waals surface area (Å²) in [6.45, 7) is 11.7. The first-order valence-electron chi connectivity index (χ1n) is 9.01. The van der Waals surface area contributed by atoms with Gasteiger partial charge in [0.2, 0.25) is 0 Å². The van der Waals surface area contributed by atoms with Crippen LogP contribution in [0.1, 0.15) is 32.3 Å². The van der Waals surface area contributed by atoms with Crippen LogP contribution < -0.4 is 10.2 Å². The first kappa shape index (κ1) is 15.8. The molecule has 1 aromatic rings. The first-order valence-corrected chi connectivity index (χ1v) is 9.01. The van der Waals surface area contributed by atoms with Crippen molar-refractivity contribution < 1.29 is 0 Å².